The third kappa shape index (κ3) is 2.68. The number of carboxylic acid groups (broad SMARTS) is 1. The van der Waals surface area contributed by atoms with Crippen molar-refractivity contribution in [3.63, 3.8) is 0 Å². The SMILES string of the molecule is Cc1c(-c2cc(Br)ccc2F)c(CC(=O)O)nn1C. The predicted molar refractivity (Wildman–Crippen MR) is 72.4 cm³/mol. The van der Waals surface area contributed by atoms with Crippen LogP contribution in [0, 0.1) is 12.7 Å². The van der Waals surface area contributed by atoms with Crippen LogP contribution in [-0.4, -0.2) is 20.9 Å². The number of carbonyl (C=O) groups is 1. The van der Waals surface area contributed by atoms with E-state index in [4.69, 9.17) is 5.11 Å². The number of hydrogen-bond acceptors (Lipinski definition) is 2. The summed E-state index contributed by atoms with van der Waals surface area (Å²) in [5.74, 6) is -1.39. The second-order valence-corrected chi connectivity index (χ2v) is 5.14. The second kappa shape index (κ2) is 5.13. The van der Waals surface area contributed by atoms with E-state index in [1.54, 1.807) is 30.8 Å². The molecule has 0 amide bonds. The van der Waals surface area contributed by atoms with Gasteiger partial charge in [0.1, 0.15) is 5.82 Å². The lowest BCUT2D eigenvalue weighted by Crippen LogP contribution is -2.03. The summed E-state index contributed by atoms with van der Waals surface area (Å²) in [6.45, 7) is 1.79. The Morgan fingerprint density at radius 1 is 1.53 bits per heavy atom. The van der Waals surface area contributed by atoms with Crippen molar-refractivity contribution < 1.29 is 14.3 Å². The van der Waals surface area contributed by atoms with Gasteiger partial charge in [0.2, 0.25) is 0 Å². The average Bonchev–Trinajstić information content (AvgIpc) is 2.57. The zero-order valence-electron chi connectivity index (χ0n) is 10.4. The van der Waals surface area contributed by atoms with E-state index < -0.39 is 11.8 Å². The Kier molecular flexibility index (Phi) is 3.71. The van der Waals surface area contributed by atoms with Crippen LogP contribution >= 0.6 is 15.9 Å². The summed E-state index contributed by atoms with van der Waals surface area (Å²) in [6.07, 6.45) is -0.233. The molecule has 2 rings (SSSR count). The molecule has 0 atom stereocenters. The number of aromatic nitrogens is 2. The Morgan fingerprint density at radius 3 is 2.84 bits per heavy atom. The molecule has 0 fully saturated rings. The molecule has 0 spiro atoms. The van der Waals surface area contributed by atoms with Crippen LogP contribution in [-0.2, 0) is 18.3 Å². The molecular weight excluding hydrogens is 315 g/mol. The number of rotatable bonds is 3. The Labute approximate surface area is 118 Å². The van der Waals surface area contributed by atoms with Crippen LogP contribution in [0.1, 0.15) is 11.4 Å². The first-order valence-corrected chi connectivity index (χ1v) is 6.39. The molecular formula is C13H12BrFN2O2. The number of aliphatic carboxylic acids is 1. The quantitative estimate of drug-likeness (QED) is 0.943. The molecule has 6 heteroatoms. The topological polar surface area (TPSA) is 55.1 Å². The van der Waals surface area contributed by atoms with Crippen molar-refractivity contribution in [3.05, 3.63) is 39.9 Å². The molecule has 2 aromatic rings. The van der Waals surface area contributed by atoms with Gasteiger partial charge in [-0.05, 0) is 25.1 Å². The van der Waals surface area contributed by atoms with Crippen molar-refractivity contribution in [2.45, 2.75) is 13.3 Å². The van der Waals surface area contributed by atoms with E-state index in [-0.39, 0.29) is 6.42 Å². The summed E-state index contributed by atoms with van der Waals surface area (Å²) in [6, 6.07) is 4.57. The third-order valence-electron chi connectivity index (χ3n) is 2.92. The van der Waals surface area contributed by atoms with E-state index in [0.29, 0.717) is 16.8 Å². The summed E-state index contributed by atoms with van der Waals surface area (Å²) >= 11 is 3.29. The molecule has 0 aliphatic heterocycles. The predicted octanol–water partition coefficient (Wildman–Crippen LogP) is 2.92. The maximum absolute atomic E-state index is 14.0. The van der Waals surface area contributed by atoms with Crippen LogP contribution in [0.15, 0.2) is 22.7 Å². The molecule has 4 nitrogen and oxygen atoms in total. The maximum atomic E-state index is 14.0. The first-order valence-electron chi connectivity index (χ1n) is 5.60. The summed E-state index contributed by atoms with van der Waals surface area (Å²) in [7, 11) is 1.71. The molecule has 0 aliphatic rings. The van der Waals surface area contributed by atoms with Gasteiger partial charge in [-0.2, -0.15) is 5.10 Å². The first kappa shape index (κ1) is 13.7. The summed E-state index contributed by atoms with van der Waals surface area (Å²) in [5.41, 5.74) is 2.00. The summed E-state index contributed by atoms with van der Waals surface area (Å²) in [5, 5.41) is 13.1. The molecule has 0 unspecified atom stereocenters. The highest BCUT2D eigenvalue weighted by atomic mass is 79.9. The van der Waals surface area contributed by atoms with Crippen molar-refractivity contribution >= 4 is 21.9 Å². The first-order chi connectivity index (χ1) is 8.90. The number of aryl methyl sites for hydroxylation is 1. The fourth-order valence-electron chi connectivity index (χ4n) is 1.98. The van der Waals surface area contributed by atoms with Gasteiger partial charge in [0.15, 0.2) is 0 Å². The number of halogens is 2. The Morgan fingerprint density at radius 2 is 2.21 bits per heavy atom. The van der Waals surface area contributed by atoms with Gasteiger partial charge in [-0.25, -0.2) is 4.39 Å². The number of hydrogen-bond donors (Lipinski definition) is 1. The van der Waals surface area contributed by atoms with Crippen LogP contribution < -0.4 is 0 Å². The number of carboxylic acids is 1. The second-order valence-electron chi connectivity index (χ2n) is 4.23. The minimum absolute atomic E-state index is 0.233. The summed E-state index contributed by atoms with van der Waals surface area (Å²) in [4.78, 5) is 10.9. The smallest absolute Gasteiger partial charge is 0.309 e. The van der Waals surface area contributed by atoms with E-state index in [1.807, 2.05) is 0 Å². The molecule has 0 saturated carbocycles. The van der Waals surface area contributed by atoms with Gasteiger partial charge in [0.25, 0.3) is 0 Å². The maximum Gasteiger partial charge on any atom is 0.309 e. The lowest BCUT2D eigenvalue weighted by molar-refractivity contribution is -0.136. The molecule has 1 aromatic heterocycles. The molecule has 0 aliphatic carbocycles. The van der Waals surface area contributed by atoms with E-state index in [9.17, 15) is 9.18 Å². The highest BCUT2D eigenvalue weighted by molar-refractivity contribution is 9.10. The monoisotopic (exact) mass is 326 g/mol. The zero-order valence-corrected chi connectivity index (χ0v) is 12.0. The summed E-state index contributed by atoms with van der Waals surface area (Å²) < 4.78 is 16.3. The van der Waals surface area contributed by atoms with Crippen LogP contribution in [0.3, 0.4) is 0 Å². The van der Waals surface area contributed by atoms with E-state index in [2.05, 4.69) is 21.0 Å². The Bertz CT molecular complexity index is 652. The minimum Gasteiger partial charge on any atom is -0.481 e. The molecule has 19 heavy (non-hydrogen) atoms. The van der Waals surface area contributed by atoms with Gasteiger partial charge in [0.05, 0.1) is 12.1 Å². The van der Waals surface area contributed by atoms with E-state index in [0.717, 1.165) is 10.2 Å². The van der Waals surface area contributed by atoms with Gasteiger partial charge in [-0.1, -0.05) is 15.9 Å². The van der Waals surface area contributed by atoms with Gasteiger partial charge < -0.3 is 5.11 Å². The largest absolute Gasteiger partial charge is 0.481 e. The molecule has 0 radical (unpaired) electrons. The Balaban J connectivity index is 2.66. The van der Waals surface area contributed by atoms with Gasteiger partial charge in [0, 0.05) is 28.3 Å². The van der Waals surface area contributed by atoms with Crippen LogP contribution in [0.2, 0.25) is 0 Å². The lowest BCUT2D eigenvalue weighted by atomic mass is 10.0. The molecule has 1 aromatic carbocycles. The number of nitrogens with zero attached hydrogens (tertiary/aromatic N) is 2. The highest BCUT2D eigenvalue weighted by Gasteiger charge is 2.19. The number of benzene rings is 1. The van der Waals surface area contributed by atoms with Gasteiger partial charge in [-0.3, -0.25) is 9.48 Å². The van der Waals surface area contributed by atoms with E-state index in [1.165, 1.54) is 6.07 Å². The van der Waals surface area contributed by atoms with Crippen molar-refractivity contribution in [1.29, 1.82) is 0 Å². The lowest BCUT2D eigenvalue weighted by Gasteiger charge is -2.05. The van der Waals surface area contributed by atoms with E-state index >= 15 is 0 Å². The fourth-order valence-corrected chi connectivity index (χ4v) is 2.34. The standard InChI is InChI=1S/C13H12BrFN2O2/c1-7-13(9-5-8(14)3-4-10(9)15)11(6-12(18)19)16-17(7)2/h3-5H,6H2,1-2H3,(H,18,19). The van der Waals surface area contributed by atoms with Gasteiger partial charge >= 0.3 is 5.97 Å². The Hall–Kier alpha value is -1.69. The molecule has 100 valence electrons. The fraction of sp³-hybridized carbons (Fsp3) is 0.231. The average molecular weight is 327 g/mol. The minimum atomic E-state index is -0.991. The molecule has 1 heterocycles. The molecule has 1 N–H and O–H groups in total. The van der Waals surface area contributed by atoms with Crippen molar-refractivity contribution in [2.24, 2.45) is 7.05 Å². The van der Waals surface area contributed by atoms with Crippen LogP contribution in [0.4, 0.5) is 4.39 Å². The third-order valence-corrected chi connectivity index (χ3v) is 3.42. The molecule has 0 saturated heterocycles. The normalized spacial score (nSPS) is 10.7. The van der Waals surface area contributed by atoms with Crippen molar-refractivity contribution in [1.82, 2.24) is 9.78 Å². The highest BCUT2D eigenvalue weighted by Crippen LogP contribution is 2.31. The van der Waals surface area contributed by atoms with Crippen molar-refractivity contribution in [2.75, 3.05) is 0 Å². The van der Waals surface area contributed by atoms with Crippen LogP contribution in [0.25, 0.3) is 11.1 Å². The van der Waals surface area contributed by atoms with Gasteiger partial charge in [-0.15, -0.1) is 0 Å². The molecule has 0 bridgehead atoms. The van der Waals surface area contributed by atoms with Crippen LogP contribution in [0.5, 0.6) is 0 Å². The zero-order chi connectivity index (χ0) is 14.2. The van der Waals surface area contributed by atoms with Crippen molar-refractivity contribution in [3.8, 4) is 11.1 Å².